The van der Waals surface area contributed by atoms with Gasteiger partial charge in [-0.05, 0) is 81.1 Å². The second-order valence-corrected chi connectivity index (χ2v) is 7.75. The highest BCUT2D eigenvalue weighted by Crippen LogP contribution is 2.22. The lowest BCUT2D eigenvalue weighted by molar-refractivity contribution is 0.107. The van der Waals surface area contributed by atoms with E-state index >= 15 is 0 Å². The Morgan fingerprint density at radius 3 is 1.68 bits per heavy atom. The molecule has 156 valence electrons. The van der Waals surface area contributed by atoms with Crippen LogP contribution in [0, 0.1) is 13.8 Å². The van der Waals surface area contributed by atoms with E-state index in [-0.39, 0.29) is 17.9 Å². The molecule has 28 heavy (non-hydrogen) atoms. The molecule has 3 N–H and O–H groups in total. The first-order valence-corrected chi connectivity index (χ1v) is 9.22. The zero-order valence-electron chi connectivity index (χ0n) is 16.5. The molecule has 0 saturated carbocycles. The molecule has 8 heteroatoms. The highest BCUT2D eigenvalue weighted by Gasteiger charge is 2.09. The fraction of sp³-hybridized carbons (Fsp3) is 0.300. The Labute approximate surface area is 188 Å². The Hall–Kier alpha value is -1.14. The van der Waals surface area contributed by atoms with Crippen LogP contribution < -0.4 is 11.3 Å². The van der Waals surface area contributed by atoms with Crippen molar-refractivity contribution in [3.8, 4) is 0 Å². The van der Waals surface area contributed by atoms with Crippen LogP contribution in [0.5, 0.6) is 0 Å². The van der Waals surface area contributed by atoms with E-state index in [1.54, 1.807) is 36.4 Å². The Morgan fingerprint density at radius 1 is 0.893 bits per heavy atom. The molecule has 0 amide bonds. The molecular formula is C20H26Cl4N2O2. The average molecular weight is 468 g/mol. The highest BCUT2D eigenvalue weighted by atomic mass is 35.5. The molecule has 0 aromatic heterocycles. The second-order valence-electron chi connectivity index (χ2n) is 6.65. The minimum absolute atomic E-state index is 0. The molecule has 0 heterocycles. The van der Waals surface area contributed by atoms with E-state index in [1.165, 1.54) is 0 Å². The molecule has 4 nitrogen and oxygen atoms in total. The lowest BCUT2D eigenvalue weighted by Crippen LogP contribution is -2.41. The predicted octanol–water partition coefficient (Wildman–Crippen LogP) is 6.07. The van der Waals surface area contributed by atoms with Crippen molar-refractivity contribution in [3.05, 3.63) is 69.7 Å². The summed E-state index contributed by atoms with van der Waals surface area (Å²) < 4.78 is 0. The smallest absolute Gasteiger partial charge is 0.252 e. The minimum atomic E-state index is -0.438. The molecule has 0 spiro atoms. The van der Waals surface area contributed by atoms with Gasteiger partial charge in [0.15, 0.2) is 0 Å². The Bertz CT molecular complexity index is 761. The van der Waals surface area contributed by atoms with Crippen LogP contribution in [-0.2, 0) is 0 Å². The van der Waals surface area contributed by atoms with Crippen LogP contribution in [-0.4, -0.2) is 16.0 Å². The van der Waals surface area contributed by atoms with Crippen LogP contribution >= 0.6 is 47.2 Å². The molecular weight excluding hydrogens is 442 g/mol. The van der Waals surface area contributed by atoms with Crippen LogP contribution in [0.25, 0.3) is 0 Å². The molecule has 0 atom stereocenters. The van der Waals surface area contributed by atoms with E-state index in [4.69, 9.17) is 40.6 Å². The van der Waals surface area contributed by atoms with Crippen molar-refractivity contribution < 1.29 is 9.59 Å². The van der Waals surface area contributed by atoms with Crippen molar-refractivity contribution in [2.45, 2.75) is 40.2 Å². The minimum Gasteiger partial charge on any atom is -0.276 e. The maximum absolute atomic E-state index is 10.9. The maximum atomic E-state index is 10.9. The van der Waals surface area contributed by atoms with Crippen LogP contribution in [0.15, 0.2) is 42.5 Å². The number of hydrazine groups is 1. The number of hydrogen-bond acceptors (Lipinski definition) is 4. The second kappa shape index (κ2) is 13.9. The van der Waals surface area contributed by atoms with Crippen molar-refractivity contribution in [2.75, 3.05) is 0 Å². The molecule has 2 rings (SSSR count). The summed E-state index contributed by atoms with van der Waals surface area (Å²) in [6.45, 7) is 9.71. The van der Waals surface area contributed by atoms with E-state index in [0.29, 0.717) is 16.1 Å². The van der Waals surface area contributed by atoms with Crippen molar-refractivity contribution in [3.63, 3.8) is 0 Å². The highest BCUT2D eigenvalue weighted by molar-refractivity contribution is 6.68. The third-order valence-corrected chi connectivity index (χ3v) is 4.20. The largest absolute Gasteiger partial charge is 0.276 e. The summed E-state index contributed by atoms with van der Waals surface area (Å²) in [4.78, 5) is 21.3. The quantitative estimate of drug-likeness (QED) is 0.319. The van der Waals surface area contributed by atoms with Gasteiger partial charge >= 0.3 is 0 Å². The fourth-order valence-corrected chi connectivity index (χ4v) is 2.11. The first-order valence-electron chi connectivity index (χ1n) is 8.09. The average Bonchev–Trinajstić information content (AvgIpc) is 2.60. The molecule has 2 aromatic rings. The summed E-state index contributed by atoms with van der Waals surface area (Å²) >= 11 is 16.4. The molecule has 0 aliphatic carbocycles. The Balaban J connectivity index is 0. The van der Waals surface area contributed by atoms with Gasteiger partial charge in [-0.1, -0.05) is 41.9 Å². The summed E-state index contributed by atoms with van der Waals surface area (Å²) in [6.07, 6.45) is 0. The van der Waals surface area contributed by atoms with Gasteiger partial charge in [-0.25, -0.2) is 0 Å². The molecule has 0 unspecified atom stereocenters. The lowest BCUT2D eigenvalue weighted by Gasteiger charge is -2.14. The van der Waals surface area contributed by atoms with Crippen molar-refractivity contribution in [2.24, 2.45) is 5.84 Å². The Morgan fingerprint density at radius 2 is 1.36 bits per heavy atom. The zero-order chi connectivity index (χ0) is 21.2. The maximum Gasteiger partial charge on any atom is 0.252 e. The van der Waals surface area contributed by atoms with Crippen molar-refractivity contribution >= 4 is 57.7 Å². The molecule has 0 bridgehead atoms. The summed E-state index contributed by atoms with van der Waals surface area (Å²) in [6, 6.07) is 12.1. The number of rotatable bonds is 2. The van der Waals surface area contributed by atoms with Crippen LogP contribution in [0.2, 0.25) is 5.02 Å². The van der Waals surface area contributed by atoms with Crippen LogP contribution in [0.3, 0.4) is 0 Å². The van der Waals surface area contributed by atoms with Gasteiger partial charge in [0.1, 0.15) is 0 Å². The number of hydrogen-bond donors (Lipinski definition) is 2. The summed E-state index contributed by atoms with van der Waals surface area (Å²) in [7, 11) is 0. The topological polar surface area (TPSA) is 72.2 Å². The summed E-state index contributed by atoms with van der Waals surface area (Å²) in [5, 5.41) is -0.183. The van der Waals surface area contributed by atoms with Gasteiger partial charge in [-0.3, -0.25) is 20.9 Å². The number of carbonyl (C=O) groups excluding carboxylic acids is 2. The number of nitrogens with two attached hydrogens (primary N) is 1. The summed E-state index contributed by atoms with van der Waals surface area (Å²) in [5.41, 5.74) is 5.50. The van der Waals surface area contributed by atoms with Gasteiger partial charge in [-0.15, -0.1) is 12.4 Å². The lowest BCUT2D eigenvalue weighted by atomic mass is 10.0. The van der Waals surface area contributed by atoms with Crippen LogP contribution in [0.1, 0.15) is 52.6 Å². The molecule has 0 aliphatic heterocycles. The number of benzene rings is 2. The number of nitrogens with one attached hydrogen (secondary N) is 1. The first-order chi connectivity index (χ1) is 12.4. The van der Waals surface area contributed by atoms with Gasteiger partial charge in [0, 0.05) is 21.7 Å². The van der Waals surface area contributed by atoms with Gasteiger partial charge in [0.2, 0.25) is 0 Å². The fourth-order valence-electron chi connectivity index (χ4n) is 1.57. The monoisotopic (exact) mass is 466 g/mol. The molecule has 0 saturated heterocycles. The third-order valence-electron chi connectivity index (χ3n) is 3.37. The molecule has 0 aliphatic rings. The van der Waals surface area contributed by atoms with E-state index in [2.05, 4.69) is 5.43 Å². The number of carbonyl (C=O) groups is 2. The van der Waals surface area contributed by atoms with Gasteiger partial charge in [0.05, 0.1) is 0 Å². The molecule has 0 fully saturated rings. The summed E-state index contributed by atoms with van der Waals surface area (Å²) in [5.74, 6) is 5.06. The zero-order valence-corrected chi connectivity index (χ0v) is 19.6. The van der Waals surface area contributed by atoms with Crippen molar-refractivity contribution in [1.82, 2.24) is 5.43 Å². The third kappa shape index (κ3) is 11.6. The molecule has 0 radical (unpaired) electrons. The van der Waals surface area contributed by atoms with Crippen molar-refractivity contribution in [1.29, 1.82) is 0 Å². The SMILES string of the molecule is CC(C)(C)NN.Cc1c(Cl)ccc(C(=O)Cl)c1C.Cl.O=C(Cl)c1ccccc1. The van der Waals surface area contributed by atoms with Gasteiger partial charge in [0.25, 0.3) is 10.5 Å². The van der Waals surface area contributed by atoms with E-state index in [1.807, 2.05) is 40.7 Å². The van der Waals surface area contributed by atoms with E-state index in [0.717, 1.165) is 11.1 Å². The standard InChI is InChI=1S/C9H8Cl2O.C7H5ClO.C4H12N2.ClH/c1-5-6(2)8(10)4-3-7(5)9(11)12;8-7(9)6-4-2-1-3-5-6;1-4(2,3)6-5;/h3-4H,1-2H3;1-5H;6H,5H2,1-3H3;1H. The Kier molecular flexibility index (Phi) is 14.5. The molecule has 2 aromatic carbocycles. The van der Waals surface area contributed by atoms with E-state index < -0.39 is 10.5 Å². The predicted molar refractivity (Wildman–Crippen MR) is 122 cm³/mol. The van der Waals surface area contributed by atoms with Crippen LogP contribution in [0.4, 0.5) is 0 Å². The first kappa shape index (κ1) is 29.1. The van der Waals surface area contributed by atoms with Gasteiger partial charge < -0.3 is 0 Å². The van der Waals surface area contributed by atoms with Gasteiger partial charge in [-0.2, -0.15) is 0 Å². The van der Waals surface area contributed by atoms with E-state index in [9.17, 15) is 9.59 Å². The normalized spacial score (nSPS) is 9.75. The number of halogens is 4.